The second-order valence-electron chi connectivity index (χ2n) is 10.0. The molecule has 0 amide bonds. The van der Waals surface area contributed by atoms with E-state index in [0.29, 0.717) is 36.5 Å². The third-order valence-corrected chi connectivity index (χ3v) is 8.91. The number of carbonyl (C=O) groups is 1. The van der Waals surface area contributed by atoms with Gasteiger partial charge in [-0.1, -0.05) is 25.3 Å². The summed E-state index contributed by atoms with van der Waals surface area (Å²) in [4.78, 5) is 12.0. The Hall–Kier alpha value is -1.11. The number of hydrogen-bond acceptors (Lipinski definition) is 3. The predicted molar refractivity (Wildman–Crippen MR) is 108 cm³/mol. The van der Waals surface area contributed by atoms with E-state index in [9.17, 15) is 9.90 Å². The number of carbonyl (C=O) groups excluding carboxylic acids is 1. The van der Waals surface area contributed by atoms with Crippen LogP contribution in [0.3, 0.4) is 0 Å². The molecule has 4 rings (SSSR count). The van der Waals surface area contributed by atoms with Crippen molar-refractivity contribution in [2.75, 3.05) is 6.54 Å². The van der Waals surface area contributed by atoms with Crippen molar-refractivity contribution in [1.29, 1.82) is 0 Å². The second-order valence-corrected chi connectivity index (χ2v) is 10.0. The molecule has 0 spiro atoms. The molecule has 3 fully saturated rings. The number of ketones is 1. The van der Waals surface area contributed by atoms with Crippen molar-refractivity contribution in [2.24, 2.45) is 34.3 Å². The molecule has 0 radical (unpaired) electrons. The van der Waals surface area contributed by atoms with Crippen molar-refractivity contribution >= 4 is 5.78 Å². The zero-order valence-corrected chi connectivity index (χ0v) is 17.0. The van der Waals surface area contributed by atoms with Gasteiger partial charge in [0.2, 0.25) is 0 Å². The van der Waals surface area contributed by atoms with E-state index in [0.717, 1.165) is 51.4 Å². The molecule has 3 heteroatoms. The van der Waals surface area contributed by atoms with Crippen molar-refractivity contribution in [1.82, 2.24) is 0 Å². The van der Waals surface area contributed by atoms with Crippen LogP contribution >= 0.6 is 0 Å². The van der Waals surface area contributed by atoms with E-state index in [1.54, 1.807) is 0 Å². The molecule has 3 nitrogen and oxygen atoms in total. The number of rotatable bonds is 2. The smallest absolute Gasteiger partial charge is 0.155 e. The maximum absolute atomic E-state index is 12.0. The van der Waals surface area contributed by atoms with Crippen LogP contribution in [0.1, 0.15) is 78.1 Å². The molecule has 6 atom stereocenters. The number of hydrogen-bond donors (Lipinski definition) is 2. The minimum absolute atomic E-state index is 0.0913. The summed E-state index contributed by atoms with van der Waals surface area (Å²) in [5, 5.41) is 11.5. The van der Waals surface area contributed by atoms with Gasteiger partial charge in [-0.05, 0) is 87.2 Å². The monoisotopic (exact) mass is 369 g/mol. The normalized spacial score (nSPS) is 45.9. The molecule has 0 aliphatic heterocycles. The number of unbranched alkanes of at least 4 members (excludes halogenated alkanes) is 1. The maximum Gasteiger partial charge on any atom is 0.155 e. The molecule has 4 aliphatic rings. The molecule has 0 bridgehead atoms. The molecule has 3 saturated carbocycles. The Bertz CT molecular complexity index is 716. The van der Waals surface area contributed by atoms with E-state index in [2.05, 4.69) is 25.7 Å². The minimum Gasteiger partial charge on any atom is -0.377 e. The fourth-order valence-electron chi connectivity index (χ4n) is 7.18. The van der Waals surface area contributed by atoms with Crippen LogP contribution in [-0.4, -0.2) is 23.0 Å². The van der Waals surface area contributed by atoms with Crippen LogP contribution in [0.15, 0.2) is 11.6 Å². The van der Waals surface area contributed by atoms with E-state index in [4.69, 9.17) is 5.73 Å². The fraction of sp³-hybridized carbons (Fsp3) is 0.792. The van der Waals surface area contributed by atoms with Gasteiger partial charge < -0.3 is 10.8 Å². The highest BCUT2D eigenvalue weighted by molar-refractivity contribution is 5.91. The van der Waals surface area contributed by atoms with E-state index >= 15 is 0 Å². The molecular formula is C24H35NO2. The van der Waals surface area contributed by atoms with Crippen LogP contribution < -0.4 is 5.73 Å². The van der Waals surface area contributed by atoms with Crippen LogP contribution in [0, 0.1) is 40.4 Å². The summed E-state index contributed by atoms with van der Waals surface area (Å²) in [6.45, 7) is 5.38. The Kier molecular flexibility index (Phi) is 4.80. The van der Waals surface area contributed by atoms with Gasteiger partial charge in [-0.3, -0.25) is 4.79 Å². The van der Waals surface area contributed by atoms with E-state index < -0.39 is 5.60 Å². The van der Waals surface area contributed by atoms with Crippen molar-refractivity contribution in [2.45, 2.75) is 83.7 Å². The van der Waals surface area contributed by atoms with Crippen LogP contribution in [-0.2, 0) is 4.79 Å². The summed E-state index contributed by atoms with van der Waals surface area (Å²) < 4.78 is 0. The SMILES string of the molecule is C[C@]12CCC(=O)C=C1CC[C@@H]1[C@@H]2CC[C@@]2(C)[C@H]1CC[C@@]2(O)C#CCCCN. The molecule has 27 heavy (non-hydrogen) atoms. The molecule has 148 valence electrons. The quantitative estimate of drug-likeness (QED) is 0.571. The van der Waals surface area contributed by atoms with Crippen LogP contribution in [0.25, 0.3) is 0 Å². The first-order valence-electron chi connectivity index (χ1n) is 11.0. The molecule has 0 heterocycles. The molecule has 4 aliphatic carbocycles. The second kappa shape index (κ2) is 6.75. The molecular weight excluding hydrogens is 334 g/mol. The largest absolute Gasteiger partial charge is 0.377 e. The highest BCUT2D eigenvalue weighted by Gasteiger charge is 2.63. The van der Waals surface area contributed by atoms with Gasteiger partial charge in [0.15, 0.2) is 5.78 Å². The average Bonchev–Trinajstić information content (AvgIpc) is 2.91. The molecule has 0 unspecified atom stereocenters. The molecule has 0 aromatic heterocycles. The summed E-state index contributed by atoms with van der Waals surface area (Å²) in [6.07, 6.45) is 11.7. The van der Waals surface area contributed by atoms with Crippen LogP contribution in [0.5, 0.6) is 0 Å². The lowest BCUT2D eigenvalue weighted by Crippen LogP contribution is -2.54. The summed E-state index contributed by atoms with van der Waals surface area (Å²) in [6, 6.07) is 0. The van der Waals surface area contributed by atoms with Gasteiger partial charge in [-0.25, -0.2) is 0 Å². The Balaban J connectivity index is 1.60. The van der Waals surface area contributed by atoms with Crippen molar-refractivity contribution in [3.63, 3.8) is 0 Å². The standard InChI is InChI=1S/C24H35NO2/c1-22-12-8-18(26)16-17(22)6-7-19-20(22)9-13-23(2)21(19)10-14-24(23,27)11-4-3-5-15-25/h16,19-21,27H,3,5-10,12-15,25H2,1-2H3/t19-,20+,21+,22+,23+,24+/m1/s1. The zero-order valence-electron chi connectivity index (χ0n) is 17.0. The molecule has 0 aromatic rings. The summed E-state index contributed by atoms with van der Waals surface area (Å²) in [5.41, 5.74) is 6.27. The number of fused-ring (bicyclic) bond motifs is 5. The third-order valence-electron chi connectivity index (χ3n) is 8.91. The van der Waals surface area contributed by atoms with Gasteiger partial charge >= 0.3 is 0 Å². The lowest BCUT2D eigenvalue weighted by molar-refractivity contribution is -0.119. The van der Waals surface area contributed by atoms with Gasteiger partial charge in [0.05, 0.1) is 0 Å². The molecule has 0 saturated heterocycles. The van der Waals surface area contributed by atoms with Crippen LogP contribution in [0.2, 0.25) is 0 Å². The first kappa shape index (κ1) is 19.2. The number of allylic oxidation sites excluding steroid dienone is 1. The van der Waals surface area contributed by atoms with Gasteiger partial charge in [0.1, 0.15) is 5.60 Å². The Morgan fingerprint density at radius 3 is 2.70 bits per heavy atom. The maximum atomic E-state index is 12.0. The van der Waals surface area contributed by atoms with Gasteiger partial charge in [0.25, 0.3) is 0 Å². The van der Waals surface area contributed by atoms with Crippen molar-refractivity contribution < 1.29 is 9.90 Å². The average molecular weight is 370 g/mol. The van der Waals surface area contributed by atoms with Gasteiger partial charge in [-0.15, -0.1) is 5.92 Å². The Morgan fingerprint density at radius 1 is 1.15 bits per heavy atom. The number of aliphatic hydroxyl groups is 1. The number of nitrogens with two attached hydrogens (primary N) is 1. The highest BCUT2D eigenvalue weighted by Crippen LogP contribution is 2.67. The lowest BCUT2D eigenvalue weighted by atomic mass is 9.46. The summed E-state index contributed by atoms with van der Waals surface area (Å²) in [7, 11) is 0. The summed E-state index contributed by atoms with van der Waals surface area (Å²) in [5.74, 6) is 8.73. The Labute approximate surface area is 164 Å². The highest BCUT2D eigenvalue weighted by atomic mass is 16.3. The van der Waals surface area contributed by atoms with Crippen molar-refractivity contribution in [3.05, 3.63) is 11.6 Å². The lowest BCUT2D eigenvalue weighted by Gasteiger charge is -2.58. The predicted octanol–water partition coefficient (Wildman–Crippen LogP) is 3.99. The van der Waals surface area contributed by atoms with Crippen LogP contribution in [0.4, 0.5) is 0 Å². The van der Waals surface area contributed by atoms with E-state index in [1.807, 2.05) is 6.08 Å². The summed E-state index contributed by atoms with van der Waals surface area (Å²) >= 11 is 0. The molecule has 3 N–H and O–H groups in total. The van der Waals surface area contributed by atoms with Crippen molar-refractivity contribution in [3.8, 4) is 11.8 Å². The van der Waals surface area contributed by atoms with E-state index in [-0.39, 0.29) is 10.8 Å². The van der Waals surface area contributed by atoms with E-state index in [1.165, 1.54) is 12.0 Å². The minimum atomic E-state index is -0.837. The van der Waals surface area contributed by atoms with Gasteiger partial charge in [-0.2, -0.15) is 0 Å². The third kappa shape index (κ3) is 2.83. The fourth-order valence-corrected chi connectivity index (χ4v) is 7.18. The first-order chi connectivity index (χ1) is 12.8. The Morgan fingerprint density at radius 2 is 1.93 bits per heavy atom. The molecule has 0 aromatic carbocycles. The topological polar surface area (TPSA) is 63.3 Å². The zero-order chi connectivity index (χ0) is 19.3. The van der Waals surface area contributed by atoms with Gasteiger partial charge in [0, 0.05) is 18.3 Å². The first-order valence-corrected chi connectivity index (χ1v) is 11.0.